The van der Waals surface area contributed by atoms with Crippen molar-refractivity contribution in [3.05, 3.63) is 29.3 Å². The van der Waals surface area contributed by atoms with Crippen LogP contribution in [0.1, 0.15) is 26.7 Å². The highest BCUT2D eigenvalue weighted by Crippen LogP contribution is 2.19. The van der Waals surface area contributed by atoms with Crippen molar-refractivity contribution >= 4 is 47.2 Å². The Kier molecular flexibility index (Phi) is 8.59. The molecule has 0 unspecified atom stereocenters. The molecule has 1 saturated heterocycles. The van der Waals surface area contributed by atoms with E-state index < -0.39 is 5.60 Å². The number of aliphatic imine (C=N–C) groups is 1. The van der Waals surface area contributed by atoms with Gasteiger partial charge in [0.15, 0.2) is 5.96 Å². The fourth-order valence-electron chi connectivity index (χ4n) is 2.65. The molecule has 0 radical (unpaired) electrons. The monoisotopic (exact) mass is 466 g/mol. The molecular weight excluding hydrogens is 439 g/mol. The summed E-state index contributed by atoms with van der Waals surface area (Å²) in [6.07, 6.45) is 1.37. The van der Waals surface area contributed by atoms with E-state index in [1.165, 1.54) is 5.69 Å². The van der Waals surface area contributed by atoms with Gasteiger partial charge in [0.25, 0.3) is 0 Å². The maximum Gasteiger partial charge on any atom is 0.191 e. The SMILES string of the molecule is CCC(O)(CC)CN=C(N)N1CCN(c2ccc(Cl)cc2)CC1.I. The summed E-state index contributed by atoms with van der Waals surface area (Å²) < 4.78 is 0. The van der Waals surface area contributed by atoms with Gasteiger partial charge in [-0.05, 0) is 37.1 Å². The van der Waals surface area contributed by atoms with Crippen LogP contribution in [-0.2, 0) is 0 Å². The van der Waals surface area contributed by atoms with Crippen LogP contribution in [0.15, 0.2) is 29.3 Å². The minimum absolute atomic E-state index is 0. The quantitative estimate of drug-likeness (QED) is 0.398. The van der Waals surface area contributed by atoms with Gasteiger partial charge in [0, 0.05) is 36.9 Å². The summed E-state index contributed by atoms with van der Waals surface area (Å²) in [7, 11) is 0. The molecule has 3 N–H and O–H groups in total. The van der Waals surface area contributed by atoms with Crippen molar-refractivity contribution in [3.8, 4) is 0 Å². The fourth-order valence-corrected chi connectivity index (χ4v) is 2.77. The van der Waals surface area contributed by atoms with E-state index in [0.717, 1.165) is 31.2 Å². The maximum absolute atomic E-state index is 10.3. The van der Waals surface area contributed by atoms with Crippen molar-refractivity contribution in [2.24, 2.45) is 10.7 Å². The van der Waals surface area contributed by atoms with Gasteiger partial charge in [-0.15, -0.1) is 24.0 Å². The number of anilines is 1. The number of nitrogens with two attached hydrogens (primary N) is 1. The summed E-state index contributed by atoms with van der Waals surface area (Å²) in [4.78, 5) is 8.80. The molecule has 2 rings (SSSR count). The molecule has 5 nitrogen and oxygen atoms in total. The van der Waals surface area contributed by atoms with Crippen LogP contribution >= 0.6 is 35.6 Å². The highest BCUT2D eigenvalue weighted by molar-refractivity contribution is 14.0. The highest BCUT2D eigenvalue weighted by atomic mass is 127. The topological polar surface area (TPSA) is 65.1 Å². The summed E-state index contributed by atoms with van der Waals surface area (Å²) in [5.41, 5.74) is 6.53. The third kappa shape index (κ3) is 5.67. The first-order valence-electron chi connectivity index (χ1n) is 8.25. The molecule has 1 aliphatic heterocycles. The van der Waals surface area contributed by atoms with E-state index in [1.54, 1.807) is 0 Å². The molecule has 0 atom stereocenters. The van der Waals surface area contributed by atoms with Crippen LogP contribution < -0.4 is 10.6 Å². The van der Waals surface area contributed by atoms with Gasteiger partial charge >= 0.3 is 0 Å². The summed E-state index contributed by atoms with van der Waals surface area (Å²) in [6, 6.07) is 7.90. The van der Waals surface area contributed by atoms with Crippen LogP contribution in [-0.4, -0.2) is 54.3 Å². The Bertz CT molecular complexity index is 526. The lowest BCUT2D eigenvalue weighted by Crippen LogP contribution is -2.51. The Morgan fingerprint density at radius 3 is 2.21 bits per heavy atom. The van der Waals surface area contributed by atoms with Crippen LogP contribution in [0, 0.1) is 0 Å². The summed E-state index contributed by atoms with van der Waals surface area (Å²) in [5.74, 6) is 0.529. The van der Waals surface area contributed by atoms with Crippen molar-refractivity contribution in [1.29, 1.82) is 0 Å². The van der Waals surface area contributed by atoms with Gasteiger partial charge in [0.1, 0.15) is 0 Å². The molecule has 0 aliphatic carbocycles. The van der Waals surface area contributed by atoms with E-state index in [2.05, 4.69) is 14.8 Å². The molecule has 1 aromatic carbocycles. The number of hydrogen-bond donors (Lipinski definition) is 2. The number of rotatable bonds is 5. The van der Waals surface area contributed by atoms with Crippen LogP contribution in [0.3, 0.4) is 0 Å². The molecule has 0 saturated carbocycles. The third-order valence-corrected chi connectivity index (χ3v) is 4.90. The van der Waals surface area contributed by atoms with E-state index in [1.807, 2.05) is 38.1 Å². The second-order valence-corrected chi connectivity index (χ2v) is 6.49. The standard InChI is InChI=1S/C17H27ClN4O.HI/c1-3-17(23,4-2)13-20-16(19)22-11-9-21(10-12-22)15-7-5-14(18)6-8-15;/h5-8,23H,3-4,9-13H2,1-2H3,(H2,19,20);1H. The molecular formula is C17H28ClIN4O. The maximum atomic E-state index is 10.3. The molecule has 1 aliphatic rings. The molecule has 7 heteroatoms. The van der Waals surface area contributed by atoms with E-state index in [0.29, 0.717) is 25.3 Å². The number of benzene rings is 1. The van der Waals surface area contributed by atoms with Gasteiger partial charge < -0.3 is 20.6 Å². The first kappa shape index (κ1) is 21.3. The second kappa shape index (κ2) is 9.68. The fraction of sp³-hybridized carbons (Fsp3) is 0.588. The van der Waals surface area contributed by atoms with Crippen molar-refractivity contribution < 1.29 is 5.11 Å². The van der Waals surface area contributed by atoms with Crippen molar-refractivity contribution in [3.63, 3.8) is 0 Å². The highest BCUT2D eigenvalue weighted by Gasteiger charge is 2.23. The predicted octanol–water partition coefficient (Wildman–Crippen LogP) is 2.95. The lowest BCUT2D eigenvalue weighted by Gasteiger charge is -2.37. The summed E-state index contributed by atoms with van der Waals surface area (Å²) in [5, 5.41) is 11.0. The van der Waals surface area contributed by atoms with Gasteiger partial charge in [-0.25, -0.2) is 0 Å². The predicted molar refractivity (Wildman–Crippen MR) is 113 cm³/mol. The van der Waals surface area contributed by atoms with Gasteiger partial charge in [0.2, 0.25) is 0 Å². The zero-order chi connectivity index (χ0) is 16.9. The minimum atomic E-state index is -0.740. The third-order valence-electron chi connectivity index (χ3n) is 4.65. The molecule has 1 aromatic rings. The molecule has 0 bridgehead atoms. The normalized spacial score (nSPS) is 16.1. The Labute approximate surface area is 166 Å². The molecule has 136 valence electrons. The number of piperazine rings is 1. The number of aliphatic hydroxyl groups is 1. The Hall–Kier alpha value is -0.730. The molecule has 1 heterocycles. The average molecular weight is 467 g/mol. The van der Waals surface area contributed by atoms with Gasteiger partial charge in [-0.3, -0.25) is 4.99 Å². The van der Waals surface area contributed by atoms with Crippen molar-refractivity contribution in [2.45, 2.75) is 32.3 Å². The Morgan fingerprint density at radius 1 is 1.17 bits per heavy atom. The summed E-state index contributed by atoms with van der Waals surface area (Å²) in [6.45, 7) is 7.75. The van der Waals surface area contributed by atoms with Gasteiger partial charge in [-0.2, -0.15) is 0 Å². The van der Waals surface area contributed by atoms with E-state index in [-0.39, 0.29) is 24.0 Å². The van der Waals surface area contributed by atoms with Gasteiger partial charge in [0.05, 0.1) is 12.1 Å². The number of nitrogens with zero attached hydrogens (tertiary/aromatic N) is 3. The average Bonchev–Trinajstić information content (AvgIpc) is 2.60. The Morgan fingerprint density at radius 2 is 1.71 bits per heavy atom. The van der Waals surface area contributed by atoms with E-state index >= 15 is 0 Å². The van der Waals surface area contributed by atoms with Crippen LogP contribution in [0.2, 0.25) is 5.02 Å². The largest absolute Gasteiger partial charge is 0.388 e. The molecule has 0 aromatic heterocycles. The number of hydrogen-bond acceptors (Lipinski definition) is 3. The number of guanidine groups is 1. The van der Waals surface area contributed by atoms with Crippen molar-refractivity contribution in [2.75, 3.05) is 37.6 Å². The van der Waals surface area contributed by atoms with E-state index in [4.69, 9.17) is 17.3 Å². The molecule has 0 spiro atoms. The van der Waals surface area contributed by atoms with Crippen LogP contribution in [0.4, 0.5) is 5.69 Å². The zero-order valence-corrected chi connectivity index (χ0v) is 17.5. The lowest BCUT2D eigenvalue weighted by molar-refractivity contribution is 0.0416. The van der Waals surface area contributed by atoms with Crippen molar-refractivity contribution in [1.82, 2.24) is 4.90 Å². The summed E-state index contributed by atoms with van der Waals surface area (Å²) >= 11 is 5.93. The zero-order valence-electron chi connectivity index (χ0n) is 14.4. The first-order chi connectivity index (χ1) is 11.0. The second-order valence-electron chi connectivity index (χ2n) is 6.06. The van der Waals surface area contributed by atoms with E-state index in [9.17, 15) is 5.11 Å². The van der Waals surface area contributed by atoms with Crippen LogP contribution in [0.5, 0.6) is 0 Å². The molecule has 0 amide bonds. The smallest absolute Gasteiger partial charge is 0.191 e. The Balaban J connectivity index is 0.00000288. The number of halogens is 2. The molecule has 1 fully saturated rings. The van der Waals surface area contributed by atoms with Crippen LogP contribution in [0.25, 0.3) is 0 Å². The lowest BCUT2D eigenvalue weighted by atomic mass is 9.98. The van der Waals surface area contributed by atoms with Gasteiger partial charge in [-0.1, -0.05) is 25.4 Å². The first-order valence-corrected chi connectivity index (χ1v) is 8.63. The minimum Gasteiger partial charge on any atom is -0.388 e. The molecule has 24 heavy (non-hydrogen) atoms.